The predicted octanol–water partition coefficient (Wildman–Crippen LogP) is 3.88. The number of likely N-dealkylation sites (N-methyl/N-ethyl adjacent to an activating group) is 1. The number of aryl methyl sites for hydroxylation is 1. The Balaban J connectivity index is 1.28. The number of aliphatic hydroxyl groups excluding tert-OH is 1. The second kappa shape index (κ2) is 11.7. The molecule has 2 aliphatic heterocycles. The number of hydrogen-bond donors (Lipinski definition) is 2. The third kappa shape index (κ3) is 5.67. The molecular formula is C31H34N8O2. The van der Waals surface area contributed by atoms with E-state index < -0.39 is 0 Å². The topological polar surface area (TPSA) is 111 Å². The van der Waals surface area contributed by atoms with Crippen LogP contribution in [0.5, 0.6) is 0 Å². The normalized spacial score (nSPS) is 17.4. The Bertz CT molecular complexity index is 1620. The van der Waals surface area contributed by atoms with Gasteiger partial charge in [0.25, 0.3) is 5.56 Å². The molecule has 1 unspecified atom stereocenters. The number of nitrogens with zero attached hydrogens (tertiary/aromatic N) is 7. The molecule has 10 heteroatoms. The highest BCUT2D eigenvalue weighted by Crippen LogP contribution is 2.37. The van der Waals surface area contributed by atoms with Crippen molar-refractivity contribution in [2.24, 2.45) is 17.3 Å². The van der Waals surface area contributed by atoms with Crippen molar-refractivity contribution in [2.45, 2.75) is 25.7 Å². The maximum atomic E-state index is 13.0. The van der Waals surface area contributed by atoms with E-state index in [4.69, 9.17) is 0 Å². The largest absolute Gasteiger partial charge is 0.392 e. The maximum Gasteiger partial charge on any atom is 0.290 e. The van der Waals surface area contributed by atoms with Crippen LogP contribution in [0.25, 0.3) is 11.3 Å². The molecule has 41 heavy (non-hydrogen) atoms. The average Bonchev–Trinajstić information content (AvgIpc) is 3.00. The first kappa shape index (κ1) is 26.9. The highest BCUT2D eigenvalue weighted by Gasteiger charge is 2.24. The zero-order valence-electron chi connectivity index (χ0n) is 23.4. The summed E-state index contributed by atoms with van der Waals surface area (Å²) in [5, 5.41) is 27.1. The molecule has 1 atom stereocenters. The minimum atomic E-state index is -0.319. The fraction of sp³-hybridized carbons (Fsp3) is 0.323. The number of azo groups is 1. The van der Waals surface area contributed by atoms with E-state index >= 15 is 0 Å². The molecule has 4 aromatic rings. The van der Waals surface area contributed by atoms with Crippen molar-refractivity contribution in [1.82, 2.24) is 24.6 Å². The lowest BCUT2D eigenvalue weighted by Gasteiger charge is -2.32. The zero-order valence-corrected chi connectivity index (χ0v) is 23.4. The summed E-state index contributed by atoms with van der Waals surface area (Å²) in [6.45, 7) is 5.42. The Morgan fingerprint density at radius 2 is 1.78 bits per heavy atom. The maximum absolute atomic E-state index is 13.0. The second-order valence-corrected chi connectivity index (χ2v) is 10.7. The van der Waals surface area contributed by atoms with Gasteiger partial charge in [-0.3, -0.25) is 9.69 Å². The van der Waals surface area contributed by atoms with Gasteiger partial charge in [0.15, 0.2) is 0 Å². The number of fused-ring (bicyclic) bond motifs is 1. The molecule has 0 amide bonds. The first-order valence-electron chi connectivity index (χ1n) is 13.9. The van der Waals surface area contributed by atoms with Crippen LogP contribution < -0.4 is 10.9 Å². The number of anilines is 2. The van der Waals surface area contributed by atoms with E-state index in [-0.39, 0.29) is 18.2 Å². The van der Waals surface area contributed by atoms with E-state index in [1.807, 2.05) is 48.7 Å². The smallest absolute Gasteiger partial charge is 0.290 e. The first-order chi connectivity index (χ1) is 20.0. The highest BCUT2D eigenvalue weighted by atomic mass is 16.3. The van der Waals surface area contributed by atoms with Crippen LogP contribution in [0, 0.1) is 0 Å². The van der Waals surface area contributed by atoms with Crippen LogP contribution in [-0.2, 0) is 26.7 Å². The summed E-state index contributed by atoms with van der Waals surface area (Å²) >= 11 is 0. The Hall–Kier alpha value is -4.25. The number of nitrogens with one attached hydrogen (secondary N) is 1. The molecule has 210 valence electrons. The van der Waals surface area contributed by atoms with Crippen LogP contribution >= 0.6 is 0 Å². The monoisotopic (exact) mass is 550 g/mol. The van der Waals surface area contributed by atoms with Gasteiger partial charge in [-0.25, -0.2) is 9.67 Å². The van der Waals surface area contributed by atoms with Crippen molar-refractivity contribution in [2.75, 3.05) is 38.5 Å². The molecule has 0 radical (unpaired) electrons. The summed E-state index contributed by atoms with van der Waals surface area (Å²) in [6, 6.07) is 19.3. The molecule has 0 aliphatic carbocycles. The molecule has 0 saturated carbocycles. The molecule has 0 bridgehead atoms. The second-order valence-electron chi connectivity index (χ2n) is 10.7. The van der Waals surface area contributed by atoms with Crippen LogP contribution in [0.15, 0.2) is 81.9 Å². The van der Waals surface area contributed by atoms with Crippen molar-refractivity contribution in [3.63, 3.8) is 0 Å². The van der Waals surface area contributed by atoms with Gasteiger partial charge in [0, 0.05) is 51.5 Å². The number of piperazine rings is 1. The molecule has 1 fully saturated rings. The lowest BCUT2D eigenvalue weighted by atomic mass is 9.88. The van der Waals surface area contributed by atoms with E-state index in [9.17, 15) is 9.90 Å². The third-order valence-corrected chi connectivity index (χ3v) is 7.88. The van der Waals surface area contributed by atoms with Crippen LogP contribution in [0.1, 0.15) is 33.9 Å². The van der Waals surface area contributed by atoms with Gasteiger partial charge >= 0.3 is 0 Å². The minimum Gasteiger partial charge on any atom is -0.392 e. The summed E-state index contributed by atoms with van der Waals surface area (Å²) in [7, 11) is 3.77. The first-order valence-corrected chi connectivity index (χ1v) is 13.9. The fourth-order valence-electron chi connectivity index (χ4n) is 5.54. The molecule has 2 aliphatic rings. The van der Waals surface area contributed by atoms with Gasteiger partial charge in [0.05, 0.1) is 18.8 Å². The third-order valence-electron chi connectivity index (χ3n) is 7.88. The van der Waals surface area contributed by atoms with Crippen LogP contribution in [0.3, 0.4) is 0 Å². The van der Waals surface area contributed by atoms with E-state index in [2.05, 4.69) is 54.6 Å². The number of aromatic nitrogens is 3. The van der Waals surface area contributed by atoms with Crippen LogP contribution in [0.2, 0.25) is 0 Å². The minimum absolute atomic E-state index is 0.205. The molecule has 1 saturated heterocycles. The number of rotatable bonds is 7. The molecule has 10 nitrogen and oxygen atoms in total. The standard InChI is InChI=1S/C31H34N8O2/c1-37-12-14-39(15-13-37)19-21-10-11-29(32-17-21)34-28-16-27(36-38(2)31(28)41)24-8-5-9-25(26(24)20-40)30-23-7-4-3-6-22(23)18-33-35-30/h3-11,16-17,30,40H,12-15,18-20H2,1-2H3,(H,32,34). The predicted molar refractivity (Wildman–Crippen MR) is 158 cm³/mol. The molecule has 0 spiro atoms. The number of aliphatic hydroxyl groups is 1. The molecule has 2 N–H and O–H groups in total. The van der Waals surface area contributed by atoms with Crippen molar-refractivity contribution in [1.29, 1.82) is 0 Å². The quantitative estimate of drug-likeness (QED) is 0.359. The number of pyridine rings is 1. The van der Waals surface area contributed by atoms with Gasteiger partial charge in [-0.05, 0) is 47.0 Å². The number of hydrogen-bond acceptors (Lipinski definition) is 9. The molecule has 2 aromatic carbocycles. The SMILES string of the molecule is CN1CCN(Cc2ccc(Nc3cc(-c4cccc(C5N=NCc6ccccc65)c4CO)nn(C)c3=O)nc2)CC1. The van der Waals surface area contributed by atoms with Gasteiger partial charge in [-0.2, -0.15) is 15.3 Å². The van der Waals surface area contributed by atoms with Crippen molar-refractivity contribution >= 4 is 11.5 Å². The van der Waals surface area contributed by atoms with Gasteiger partial charge in [-0.15, -0.1) is 0 Å². The molecular weight excluding hydrogens is 516 g/mol. The van der Waals surface area contributed by atoms with Gasteiger partial charge in [0.1, 0.15) is 17.5 Å². The van der Waals surface area contributed by atoms with Gasteiger partial charge < -0.3 is 15.3 Å². The number of benzene rings is 2. The lowest BCUT2D eigenvalue weighted by Crippen LogP contribution is -2.43. The Morgan fingerprint density at radius 3 is 2.56 bits per heavy atom. The average molecular weight is 551 g/mol. The summed E-state index contributed by atoms with van der Waals surface area (Å²) in [4.78, 5) is 22.4. The van der Waals surface area contributed by atoms with Crippen LogP contribution in [-0.4, -0.2) is 62.9 Å². The van der Waals surface area contributed by atoms with Crippen molar-refractivity contribution in [3.8, 4) is 11.3 Å². The summed E-state index contributed by atoms with van der Waals surface area (Å²) in [5.74, 6) is 0.580. The Morgan fingerprint density at radius 1 is 0.976 bits per heavy atom. The van der Waals surface area contributed by atoms with E-state index in [1.54, 1.807) is 13.1 Å². The van der Waals surface area contributed by atoms with E-state index in [1.165, 1.54) is 4.68 Å². The Labute approximate surface area is 239 Å². The van der Waals surface area contributed by atoms with Crippen molar-refractivity contribution in [3.05, 3.63) is 105 Å². The summed E-state index contributed by atoms with van der Waals surface area (Å²) < 4.78 is 1.31. The Kier molecular flexibility index (Phi) is 7.69. The van der Waals surface area contributed by atoms with Crippen LogP contribution in [0.4, 0.5) is 11.5 Å². The molecule has 2 aromatic heterocycles. The zero-order chi connectivity index (χ0) is 28.3. The lowest BCUT2D eigenvalue weighted by molar-refractivity contribution is 0.148. The summed E-state index contributed by atoms with van der Waals surface area (Å²) in [6.07, 6.45) is 1.86. The van der Waals surface area contributed by atoms with E-state index in [0.717, 1.165) is 60.5 Å². The van der Waals surface area contributed by atoms with Crippen molar-refractivity contribution < 1.29 is 5.11 Å². The van der Waals surface area contributed by atoms with Gasteiger partial charge in [-0.1, -0.05) is 48.5 Å². The highest BCUT2D eigenvalue weighted by molar-refractivity contribution is 5.70. The fourth-order valence-corrected chi connectivity index (χ4v) is 5.54. The molecule has 4 heterocycles. The van der Waals surface area contributed by atoms with Gasteiger partial charge in [0.2, 0.25) is 0 Å². The van der Waals surface area contributed by atoms with E-state index in [0.29, 0.717) is 29.3 Å². The summed E-state index contributed by atoms with van der Waals surface area (Å²) in [5.41, 5.74) is 6.28. The molecule has 6 rings (SSSR count).